The number of benzene rings is 6. The summed E-state index contributed by atoms with van der Waals surface area (Å²) >= 11 is 0. The normalized spacial score (nSPS) is 11.3. The number of hydrogen-bond donors (Lipinski definition) is 0. The van der Waals surface area contributed by atoms with Crippen LogP contribution in [-0.2, 0) is 0 Å². The number of aromatic nitrogens is 2. The Morgan fingerprint density at radius 1 is 0.381 bits per heavy atom. The van der Waals surface area contributed by atoms with Crippen molar-refractivity contribution in [2.24, 2.45) is 0 Å². The van der Waals surface area contributed by atoms with Crippen LogP contribution >= 0.6 is 0 Å². The smallest absolute Gasteiger partial charge is 0.0998 e. The second-order valence-electron chi connectivity index (χ2n) is 10.4. The zero-order valence-electron chi connectivity index (χ0n) is 22.5. The lowest BCUT2D eigenvalue weighted by Gasteiger charge is -2.15. The van der Waals surface area contributed by atoms with E-state index in [9.17, 15) is 10.5 Å². The molecular formula is C38H22N4. The van der Waals surface area contributed by atoms with E-state index in [1.807, 2.05) is 60.7 Å². The van der Waals surface area contributed by atoms with Crippen molar-refractivity contribution in [1.29, 1.82) is 10.5 Å². The molecule has 6 aromatic carbocycles. The summed E-state index contributed by atoms with van der Waals surface area (Å²) in [5.41, 5.74) is 8.75. The van der Waals surface area contributed by atoms with Gasteiger partial charge in [-0.2, -0.15) is 10.5 Å². The molecule has 4 heteroatoms. The first kappa shape index (κ1) is 23.8. The van der Waals surface area contributed by atoms with Gasteiger partial charge in [-0.25, -0.2) is 0 Å². The maximum Gasteiger partial charge on any atom is 0.0998 e. The fraction of sp³-hybridized carbons (Fsp3) is 0. The Labute approximate surface area is 242 Å². The van der Waals surface area contributed by atoms with Crippen LogP contribution in [0.25, 0.3) is 66.1 Å². The maximum absolute atomic E-state index is 10.2. The first-order valence-corrected chi connectivity index (χ1v) is 13.8. The van der Waals surface area contributed by atoms with Crippen molar-refractivity contribution < 1.29 is 0 Å². The molecule has 0 radical (unpaired) electrons. The Balaban J connectivity index is 1.40. The number of nitriles is 2. The van der Waals surface area contributed by atoms with E-state index in [2.05, 4.69) is 94.1 Å². The standard InChI is InChI=1S/C38H22N4/c39-23-25-17-19-27(41-35-13-5-1-9-29(35)30-10-2-6-14-36(30)41)21-33(25)34-22-28(20-18-26(34)24-40)42-37-15-7-3-11-31(37)32-12-4-8-16-38(32)42/h1-22H. The first-order valence-electron chi connectivity index (χ1n) is 13.8. The summed E-state index contributed by atoms with van der Waals surface area (Å²) in [4.78, 5) is 0. The highest BCUT2D eigenvalue weighted by Gasteiger charge is 2.18. The number of hydrogen-bond acceptors (Lipinski definition) is 2. The molecule has 0 atom stereocenters. The van der Waals surface area contributed by atoms with Gasteiger partial charge in [-0.15, -0.1) is 0 Å². The maximum atomic E-state index is 10.2. The van der Waals surface area contributed by atoms with Gasteiger partial charge >= 0.3 is 0 Å². The van der Waals surface area contributed by atoms with E-state index in [1.54, 1.807) is 0 Å². The summed E-state index contributed by atoms with van der Waals surface area (Å²) in [6, 6.07) is 50.0. The molecule has 0 spiro atoms. The van der Waals surface area contributed by atoms with Crippen molar-refractivity contribution >= 4 is 43.6 Å². The highest BCUT2D eigenvalue weighted by molar-refractivity contribution is 6.10. The molecule has 2 heterocycles. The van der Waals surface area contributed by atoms with E-state index in [0.29, 0.717) is 11.1 Å². The molecule has 8 aromatic rings. The molecule has 8 rings (SSSR count). The van der Waals surface area contributed by atoms with Gasteiger partial charge in [0.1, 0.15) is 0 Å². The van der Waals surface area contributed by atoms with Crippen molar-refractivity contribution in [1.82, 2.24) is 9.13 Å². The molecule has 0 saturated carbocycles. The molecule has 0 N–H and O–H groups in total. The van der Waals surface area contributed by atoms with Crippen LogP contribution in [0.5, 0.6) is 0 Å². The molecule has 194 valence electrons. The van der Waals surface area contributed by atoms with Gasteiger partial charge in [0.2, 0.25) is 0 Å². The second kappa shape index (κ2) is 9.24. The van der Waals surface area contributed by atoms with E-state index in [4.69, 9.17) is 0 Å². The number of para-hydroxylation sites is 4. The minimum absolute atomic E-state index is 0.524. The third kappa shape index (κ3) is 3.40. The third-order valence-electron chi connectivity index (χ3n) is 8.21. The fourth-order valence-electron chi connectivity index (χ4n) is 6.38. The molecule has 0 amide bonds. The summed E-state index contributed by atoms with van der Waals surface area (Å²) in [5, 5.41) is 25.1. The van der Waals surface area contributed by atoms with Gasteiger partial charge in [0.25, 0.3) is 0 Å². The van der Waals surface area contributed by atoms with Crippen LogP contribution in [0.2, 0.25) is 0 Å². The van der Waals surface area contributed by atoms with Gasteiger partial charge in [0.05, 0.1) is 45.3 Å². The van der Waals surface area contributed by atoms with Crippen LogP contribution in [-0.4, -0.2) is 9.13 Å². The average Bonchev–Trinajstić information content (AvgIpc) is 3.57. The van der Waals surface area contributed by atoms with Crippen LogP contribution in [0.4, 0.5) is 0 Å². The van der Waals surface area contributed by atoms with E-state index in [1.165, 1.54) is 21.5 Å². The van der Waals surface area contributed by atoms with Gasteiger partial charge in [0.15, 0.2) is 0 Å². The van der Waals surface area contributed by atoms with E-state index in [-0.39, 0.29) is 0 Å². The van der Waals surface area contributed by atoms with E-state index < -0.39 is 0 Å². The largest absolute Gasteiger partial charge is 0.309 e. The van der Waals surface area contributed by atoms with Crippen molar-refractivity contribution in [2.75, 3.05) is 0 Å². The molecular weight excluding hydrogens is 512 g/mol. The molecule has 0 unspecified atom stereocenters. The summed E-state index contributed by atoms with van der Waals surface area (Å²) in [6.45, 7) is 0. The second-order valence-corrected chi connectivity index (χ2v) is 10.4. The number of rotatable bonds is 3. The lowest BCUT2D eigenvalue weighted by Crippen LogP contribution is -1.99. The van der Waals surface area contributed by atoms with Crippen molar-refractivity contribution in [2.45, 2.75) is 0 Å². The summed E-state index contributed by atoms with van der Waals surface area (Å²) in [5.74, 6) is 0. The highest BCUT2D eigenvalue weighted by atomic mass is 15.0. The SMILES string of the molecule is N#Cc1ccc(-n2c3ccccc3c3ccccc32)cc1-c1cc(-n2c3ccccc3c3ccccc32)ccc1C#N. The van der Waals surface area contributed by atoms with Crippen molar-refractivity contribution in [3.05, 3.63) is 145 Å². The van der Waals surface area contributed by atoms with Crippen LogP contribution in [0.1, 0.15) is 11.1 Å². The van der Waals surface area contributed by atoms with Gasteiger partial charge < -0.3 is 9.13 Å². The van der Waals surface area contributed by atoms with Gasteiger partial charge in [-0.1, -0.05) is 72.8 Å². The zero-order chi connectivity index (χ0) is 28.2. The monoisotopic (exact) mass is 534 g/mol. The molecule has 0 aliphatic carbocycles. The predicted octanol–water partition coefficient (Wildman–Crippen LogP) is 9.29. The minimum atomic E-state index is 0.524. The molecule has 0 aliphatic heterocycles. The highest BCUT2D eigenvalue weighted by Crippen LogP contribution is 2.37. The van der Waals surface area contributed by atoms with Crippen molar-refractivity contribution in [3.8, 4) is 34.6 Å². The Morgan fingerprint density at radius 2 is 0.690 bits per heavy atom. The quantitative estimate of drug-likeness (QED) is 0.227. The van der Waals surface area contributed by atoms with Crippen LogP contribution in [0, 0.1) is 22.7 Å². The van der Waals surface area contributed by atoms with E-state index in [0.717, 1.165) is 44.6 Å². The lowest BCUT2D eigenvalue weighted by atomic mass is 9.95. The van der Waals surface area contributed by atoms with Gasteiger partial charge in [-0.05, 0) is 60.7 Å². The molecule has 42 heavy (non-hydrogen) atoms. The Bertz CT molecular complexity index is 2160. The van der Waals surface area contributed by atoms with Gasteiger partial charge in [0, 0.05) is 44.0 Å². The molecule has 2 aromatic heterocycles. The summed E-state index contributed by atoms with van der Waals surface area (Å²) in [6.07, 6.45) is 0. The number of fused-ring (bicyclic) bond motifs is 6. The van der Waals surface area contributed by atoms with E-state index >= 15 is 0 Å². The number of nitrogens with zero attached hydrogens (tertiary/aromatic N) is 4. The summed E-state index contributed by atoms with van der Waals surface area (Å²) < 4.78 is 4.47. The molecule has 0 saturated heterocycles. The Hall–Kier alpha value is -6.10. The fourth-order valence-corrected chi connectivity index (χ4v) is 6.38. The Morgan fingerprint density at radius 3 is 1.00 bits per heavy atom. The summed E-state index contributed by atoms with van der Waals surface area (Å²) in [7, 11) is 0. The third-order valence-corrected chi connectivity index (χ3v) is 8.21. The van der Waals surface area contributed by atoms with Crippen LogP contribution < -0.4 is 0 Å². The predicted molar refractivity (Wildman–Crippen MR) is 170 cm³/mol. The van der Waals surface area contributed by atoms with Crippen LogP contribution in [0.3, 0.4) is 0 Å². The minimum Gasteiger partial charge on any atom is -0.309 e. The Kier molecular flexibility index (Phi) is 5.22. The average molecular weight is 535 g/mol. The zero-order valence-corrected chi connectivity index (χ0v) is 22.5. The first-order chi connectivity index (χ1) is 20.8. The molecule has 0 aliphatic rings. The molecule has 4 nitrogen and oxygen atoms in total. The topological polar surface area (TPSA) is 57.4 Å². The molecule has 0 fully saturated rings. The van der Waals surface area contributed by atoms with Gasteiger partial charge in [-0.3, -0.25) is 0 Å². The molecule has 0 bridgehead atoms. The van der Waals surface area contributed by atoms with Crippen LogP contribution in [0.15, 0.2) is 133 Å². The van der Waals surface area contributed by atoms with Crippen molar-refractivity contribution in [3.63, 3.8) is 0 Å². The lowest BCUT2D eigenvalue weighted by molar-refractivity contribution is 1.17.